The number of fused-ring (bicyclic) bond motifs is 1. The fraction of sp³-hybridized carbons (Fsp3) is 0.350. The minimum Gasteiger partial charge on any atom is -0.378 e. The maximum atomic E-state index is 13.5. The van der Waals surface area contributed by atoms with E-state index in [1.54, 1.807) is 12.1 Å². The van der Waals surface area contributed by atoms with Crippen molar-refractivity contribution in [3.8, 4) is 0 Å². The average molecular weight is 339 g/mol. The fourth-order valence-electron chi connectivity index (χ4n) is 3.52. The molecule has 130 valence electrons. The molecule has 0 radical (unpaired) electrons. The van der Waals surface area contributed by atoms with E-state index in [1.165, 1.54) is 22.7 Å². The first-order chi connectivity index (χ1) is 12.1. The number of aryl methyl sites for hydroxylation is 1. The monoisotopic (exact) mass is 339 g/mol. The van der Waals surface area contributed by atoms with Gasteiger partial charge in [0.25, 0.3) is 0 Å². The van der Waals surface area contributed by atoms with E-state index in [2.05, 4.69) is 34.4 Å². The number of nitrogens with zero attached hydrogens (tertiary/aromatic N) is 3. The van der Waals surface area contributed by atoms with Crippen molar-refractivity contribution in [2.24, 2.45) is 0 Å². The normalized spacial score (nSPS) is 15.1. The number of morpholine rings is 1. The predicted molar refractivity (Wildman–Crippen MR) is 97.7 cm³/mol. The third-order valence-corrected chi connectivity index (χ3v) is 5.08. The van der Waals surface area contributed by atoms with Crippen LogP contribution in [0.15, 0.2) is 36.5 Å². The Bertz CT molecular complexity index is 913. The Morgan fingerprint density at radius 2 is 1.96 bits per heavy atom. The first kappa shape index (κ1) is 16.1. The maximum Gasteiger partial charge on any atom is 0.129 e. The quantitative estimate of drug-likeness (QED) is 0.729. The molecule has 3 heterocycles. The van der Waals surface area contributed by atoms with Crippen LogP contribution in [0, 0.1) is 19.7 Å². The molecule has 0 unspecified atom stereocenters. The van der Waals surface area contributed by atoms with E-state index in [0.29, 0.717) is 6.54 Å². The van der Waals surface area contributed by atoms with Crippen LogP contribution in [0.25, 0.3) is 10.9 Å². The Balaban J connectivity index is 1.74. The highest BCUT2D eigenvalue weighted by Crippen LogP contribution is 2.28. The Labute approximate surface area is 146 Å². The molecule has 4 rings (SSSR count). The highest BCUT2D eigenvalue weighted by atomic mass is 19.1. The number of hydrogen-bond donors (Lipinski definition) is 0. The van der Waals surface area contributed by atoms with Crippen LogP contribution in [0.1, 0.15) is 16.8 Å². The van der Waals surface area contributed by atoms with E-state index < -0.39 is 0 Å². The minimum atomic E-state index is -0.198. The lowest BCUT2D eigenvalue weighted by molar-refractivity contribution is 0.122. The molecule has 0 bridgehead atoms. The summed E-state index contributed by atoms with van der Waals surface area (Å²) < 4.78 is 21.2. The third-order valence-electron chi connectivity index (χ3n) is 5.08. The van der Waals surface area contributed by atoms with E-state index >= 15 is 0 Å². The largest absolute Gasteiger partial charge is 0.378 e. The second kappa shape index (κ2) is 6.48. The molecule has 1 aliphatic heterocycles. The van der Waals surface area contributed by atoms with Gasteiger partial charge in [-0.3, -0.25) is 0 Å². The molecule has 0 aliphatic carbocycles. The van der Waals surface area contributed by atoms with E-state index in [4.69, 9.17) is 4.74 Å². The summed E-state index contributed by atoms with van der Waals surface area (Å²) in [7, 11) is 0. The fourth-order valence-corrected chi connectivity index (χ4v) is 3.52. The standard InChI is InChI=1S/C20H22FN3O/c1-14-15(2)24(13-16-4-3-5-17(21)10-16)19-12-22-20(11-18(14)19)23-6-8-25-9-7-23/h3-5,10-12H,6-9,13H2,1-2H3. The molecule has 3 aromatic rings. The Hall–Kier alpha value is -2.40. The Kier molecular flexibility index (Phi) is 4.17. The van der Waals surface area contributed by atoms with Crippen molar-refractivity contribution in [2.45, 2.75) is 20.4 Å². The van der Waals surface area contributed by atoms with Gasteiger partial charge in [0.15, 0.2) is 0 Å². The average Bonchev–Trinajstić information content (AvgIpc) is 2.87. The van der Waals surface area contributed by atoms with Crippen LogP contribution >= 0.6 is 0 Å². The number of halogens is 1. The van der Waals surface area contributed by atoms with Crippen molar-refractivity contribution in [2.75, 3.05) is 31.2 Å². The molecule has 25 heavy (non-hydrogen) atoms. The summed E-state index contributed by atoms with van der Waals surface area (Å²) in [4.78, 5) is 6.95. The number of aromatic nitrogens is 2. The van der Waals surface area contributed by atoms with E-state index in [9.17, 15) is 4.39 Å². The molecule has 4 nitrogen and oxygen atoms in total. The summed E-state index contributed by atoms with van der Waals surface area (Å²) in [6, 6.07) is 8.96. The zero-order valence-corrected chi connectivity index (χ0v) is 14.6. The molecule has 1 aliphatic rings. The molecule has 0 amide bonds. The highest BCUT2D eigenvalue weighted by Gasteiger charge is 2.17. The molecular weight excluding hydrogens is 317 g/mol. The predicted octanol–water partition coefficient (Wildman–Crippen LogP) is 3.68. The van der Waals surface area contributed by atoms with Gasteiger partial charge in [-0.15, -0.1) is 0 Å². The van der Waals surface area contributed by atoms with Crippen LogP contribution in [0.3, 0.4) is 0 Å². The number of anilines is 1. The second-order valence-electron chi connectivity index (χ2n) is 6.59. The van der Waals surface area contributed by atoms with Crippen LogP contribution in [-0.2, 0) is 11.3 Å². The summed E-state index contributed by atoms with van der Waals surface area (Å²) in [5.41, 5.74) is 4.50. The van der Waals surface area contributed by atoms with Gasteiger partial charge in [0.1, 0.15) is 11.6 Å². The lowest BCUT2D eigenvalue weighted by Gasteiger charge is -2.27. The molecule has 5 heteroatoms. The SMILES string of the molecule is Cc1c(C)n(Cc2cccc(F)c2)c2cnc(N3CCOCC3)cc12. The zero-order chi connectivity index (χ0) is 17.4. The lowest BCUT2D eigenvalue weighted by Crippen LogP contribution is -2.36. The second-order valence-corrected chi connectivity index (χ2v) is 6.59. The number of pyridine rings is 1. The minimum absolute atomic E-state index is 0.198. The number of rotatable bonds is 3. The van der Waals surface area contributed by atoms with Crippen molar-refractivity contribution in [3.63, 3.8) is 0 Å². The van der Waals surface area contributed by atoms with E-state index in [0.717, 1.165) is 43.2 Å². The number of ether oxygens (including phenoxy) is 1. The van der Waals surface area contributed by atoms with Crippen LogP contribution in [0.2, 0.25) is 0 Å². The molecule has 1 saturated heterocycles. The Morgan fingerprint density at radius 3 is 2.72 bits per heavy atom. The van der Waals surface area contributed by atoms with Crippen LogP contribution in [0.4, 0.5) is 10.2 Å². The van der Waals surface area contributed by atoms with Gasteiger partial charge in [-0.05, 0) is 43.2 Å². The van der Waals surface area contributed by atoms with Gasteiger partial charge >= 0.3 is 0 Å². The zero-order valence-electron chi connectivity index (χ0n) is 14.6. The summed E-state index contributed by atoms with van der Waals surface area (Å²) in [5, 5.41) is 1.21. The van der Waals surface area contributed by atoms with Crippen molar-refractivity contribution in [3.05, 3.63) is 59.2 Å². The molecule has 1 aromatic carbocycles. The lowest BCUT2D eigenvalue weighted by atomic mass is 10.2. The highest BCUT2D eigenvalue weighted by molar-refractivity contribution is 5.87. The van der Waals surface area contributed by atoms with Gasteiger partial charge in [-0.25, -0.2) is 9.37 Å². The van der Waals surface area contributed by atoms with Gasteiger partial charge in [-0.1, -0.05) is 12.1 Å². The van der Waals surface area contributed by atoms with Gasteiger partial charge in [0, 0.05) is 30.7 Å². The number of benzene rings is 1. The van der Waals surface area contributed by atoms with E-state index in [1.807, 2.05) is 12.3 Å². The molecule has 1 fully saturated rings. The molecule has 0 N–H and O–H groups in total. The smallest absolute Gasteiger partial charge is 0.129 e. The Morgan fingerprint density at radius 1 is 1.16 bits per heavy atom. The molecule has 0 saturated carbocycles. The third kappa shape index (κ3) is 3.00. The van der Waals surface area contributed by atoms with Crippen molar-refractivity contribution >= 4 is 16.7 Å². The summed E-state index contributed by atoms with van der Waals surface area (Å²) in [6.07, 6.45) is 1.94. The molecule has 2 aromatic heterocycles. The van der Waals surface area contributed by atoms with Gasteiger partial charge in [-0.2, -0.15) is 0 Å². The van der Waals surface area contributed by atoms with Gasteiger partial charge in [0.05, 0.1) is 24.9 Å². The van der Waals surface area contributed by atoms with Crippen molar-refractivity contribution in [1.82, 2.24) is 9.55 Å². The summed E-state index contributed by atoms with van der Waals surface area (Å²) in [6.45, 7) is 8.15. The van der Waals surface area contributed by atoms with Crippen LogP contribution in [-0.4, -0.2) is 35.9 Å². The molecule has 0 spiro atoms. The topological polar surface area (TPSA) is 30.3 Å². The van der Waals surface area contributed by atoms with Gasteiger partial charge < -0.3 is 14.2 Å². The van der Waals surface area contributed by atoms with Crippen LogP contribution < -0.4 is 4.90 Å². The molecular formula is C20H22FN3O. The van der Waals surface area contributed by atoms with Gasteiger partial charge in [0.2, 0.25) is 0 Å². The van der Waals surface area contributed by atoms with E-state index in [-0.39, 0.29) is 5.82 Å². The maximum absolute atomic E-state index is 13.5. The summed E-state index contributed by atoms with van der Waals surface area (Å²) >= 11 is 0. The number of hydrogen-bond acceptors (Lipinski definition) is 3. The van der Waals surface area contributed by atoms with Crippen molar-refractivity contribution < 1.29 is 9.13 Å². The van der Waals surface area contributed by atoms with Crippen LogP contribution in [0.5, 0.6) is 0 Å². The first-order valence-corrected chi connectivity index (χ1v) is 8.66. The first-order valence-electron chi connectivity index (χ1n) is 8.66. The molecule has 0 atom stereocenters. The summed E-state index contributed by atoms with van der Waals surface area (Å²) in [5.74, 6) is 0.804. The van der Waals surface area contributed by atoms with Crippen molar-refractivity contribution in [1.29, 1.82) is 0 Å².